The average Bonchev–Trinajstić information content (AvgIpc) is 2.22. The van der Waals surface area contributed by atoms with E-state index in [2.05, 4.69) is 41.5 Å². The maximum Gasteiger partial charge on any atom is -0.0386 e. The molecular weight excluding hydrogens is 180 g/mol. The van der Waals surface area contributed by atoms with Crippen molar-refractivity contribution < 1.29 is 0 Å². The van der Waals surface area contributed by atoms with Crippen LogP contribution in [0.1, 0.15) is 73.6 Å². The van der Waals surface area contributed by atoms with Crippen LogP contribution in [0.5, 0.6) is 0 Å². The summed E-state index contributed by atoms with van der Waals surface area (Å²) >= 11 is 0. The lowest BCUT2D eigenvalue weighted by Gasteiger charge is -2.30. The zero-order valence-corrected chi connectivity index (χ0v) is 11.8. The topological polar surface area (TPSA) is 0 Å². The van der Waals surface area contributed by atoms with Crippen molar-refractivity contribution in [1.29, 1.82) is 0 Å². The van der Waals surface area contributed by atoms with Crippen molar-refractivity contribution in [2.75, 3.05) is 0 Å². The molecule has 0 aliphatic rings. The van der Waals surface area contributed by atoms with E-state index in [9.17, 15) is 0 Å². The lowest BCUT2D eigenvalue weighted by Crippen LogP contribution is -2.22. The van der Waals surface area contributed by atoms with Gasteiger partial charge in [0.05, 0.1) is 0 Å². The van der Waals surface area contributed by atoms with Gasteiger partial charge >= 0.3 is 0 Å². The summed E-state index contributed by atoms with van der Waals surface area (Å²) in [6.07, 6.45) is 7.01. The minimum absolute atomic E-state index is 0.834. The highest BCUT2D eigenvalue weighted by Crippen LogP contribution is 2.31. The molecule has 92 valence electrons. The molecule has 0 aromatic rings. The summed E-state index contributed by atoms with van der Waals surface area (Å²) in [5.41, 5.74) is 0. The van der Waals surface area contributed by atoms with E-state index in [1.165, 1.54) is 32.1 Å². The van der Waals surface area contributed by atoms with Gasteiger partial charge in [0.1, 0.15) is 0 Å². The number of hydrogen-bond donors (Lipinski definition) is 0. The molecule has 0 radical (unpaired) electrons. The molecule has 0 rings (SSSR count). The van der Waals surface area contributed by atoms with Crippen LogP contribution in [0.15, 0.2) is 0 Å². The second kappa shape index (κ2) is 8.19. The van der Waals surface area contributed by atoms with E-state index in [0.717, 1.165) is 23.7 Å². The lowest BCUT2D eigenvalue weighted by atomic mass is 9.75. The van der Waals surface area contributed by atoms with Crippen molar-refractivity contribution in [3.05, 3.63) is 0 Å². The molecule has 0 fully saturated rings. The van der Waals surface area contributed by atoms with Gasteiger partial charge < -0.3 is 0 Å². The SMILES string of the molecule is CCCCCC(CC)C(C)C(C)C(C)C. The Morgan fingerprint density at radius 3 is 1.80 bits per heavy atom. The van der Waals surface area contributed by atoms with Gasteiger partial charge in [-0.3, -0.25) is 0 Å². The summed E-state index contributed by atoms with van der Waals surface area (Å²) in [7, 11) is 0. The van der Waals surface area contributed by atoms with E-state index >= 15 is 0 Å². The van der Waals surface area contributed by atoms with Crippen LogP contribution in [0.4, 0.5) is 0 Å². The van der Waals surface area contributed by atoms with Crippen LogP contribution < -0.4 is 0 Å². The molecule has 15 heavy (non-hydrogen) atoms. The Bertz CT molecular complexity index is 137. The summed E-state index contributed by atoms with van der Waals surface area (Å²) in [4.78, 5) is 0. The predicted molar refractivity (Wildman–Crippen MR) is 71.1 cm³/mol. The van der Waals surface area contributed by atoms with Crippen LogP contribution in [0.3, 0.4) is 0 Å². The first-order valence-electron chi connectivity index (χ1n) is 7.04. The van der Waals surface area contributed by atoms with Crippen LogP contribution in [0, 0.1) is 23.7 Å². The molecule has 0 bridgehead atoms. The van der Waals surface area contributed by atoms with Crippen molar-refractivity contribution >= 4 is 0 Å². The van der Waals surface area contributed by atoms with Gasteiger partial charge in [-0.05, 0) is 23.7 Å². The first-order chi connectivity index (χ1) is 7.04. The first-order valence-corrected chi connectivity index (χ1v) is 7.04. The zero-order chi connectivity index (χ0) is 11.8. The Morgan fingerprint density at radius 1 is 0.800 bits per heavy atom. The summed E-state index contributed by atoms with van der Waals surface area (Å²) in [6.45, 7) is 14.3. The van der Waals surface area contributed by atoms with Gasteiger partial charge in [0.15, 0.2) is 0 Å². The Labute approximate surface area is 97.8 Å². The molecule has 0 aliphatic heterocycles. The van der Waals surface area contributed by atoms with E-state index < -0.39 is 0 Å². The van der Waals surface area contributed by atoms with E-state index in [1.54, 1.807) is 0 Å². The van der Waals surface area contributed by atoms with Gasteiger partial charge in [0, 0.05) is 0 Å². The van der Waals surface area contributed by atoms with Gasteiger partial charge in [-0.15, -0.1) is 0 Å². The van der Waals surface area contributed by atoms with Crippen molar-refractivity contribution in [2.24, 2.45) is 23.7 Å². The van der Waals surface area contributed by atoms with E-state index in [0.29, 0.717) is 0 Å². The Balaban J connectivity index is 4.03. The van der Waals surface area contributed by atoms with Crippen molar-refractivity contribution in [3.8, 4) is 0 Å². The third-order valence-corrected chi connectivity index (χ3v) is 4.33. The molecule has 0 nitrogen and oxygen atoms in total. The minimum atomic E-state index is 0.834. The molecule has 0 aliphatic carbocycles. The molecule has 0 aromatic heterocycles. The standard InChI is InChI=1S/C15H32/c1-7-9-10-11-15(8-2)14(6)13(5)12(3)4/h12-15H,7-11H2,1-6H3. The Kier molecular flexibility index (Phi) is 8.19. The quantitative estimate of drug-likeness (QED) is 0.465. The van der Waals surface area contributed by atoms with Crippen LogP contribution >= 0.6 is 0 Å². The average molecular weight is 212 g/mol. The third kappa shape index (κ3) is 5.58. The monoisotopic (exact) mass is 212 g/mol. The maximum absolute atomic E-state index is 2.46. The fourth-order valence-corrected chi connectivity index (χ4v) is 2.53. The Morgan fingerprint density at radius 2 is 1.40 bits per heavy atom. The molecule has 0 amide bonds. The molecule has 0 heterocycles. The maximum atomic E-state index is 2.46. The van der Waals surface area contributed by atoms with Crippen LogP contribution in [0.2, 0.25) is 0 Å². The second-order valence-corrected chi connectivity index (χ2v) is 5.63. The van der Waals surface area contributed by atoms with Crippen LogP contribution in [0.25, 0.3) is 0 Å². The summed E-state index contributed by atoms with van der Waals surface area (Å²) in [5.74, 6) is 3.55. The fourth-order valence-electron chi connectivity index (χ4n) is 2.53. The highest BCUT2D eigenvalue weighted by atomic mass is 14.3. The van der Waals surface area contributed by atoms with E-state index in [-0.39, 0.29) is 0 Å². The van der Waals surface area contributed by atoms with Crippen LogP contribution in [-0.2, 0) is 0 Å². The molecule has 0 aromatic carbocycles. The van der Waals surface area contributed by atoms with Crippen molar-refractivity contribution in [1.82, 2.24) is 0 Å². The third-order valence-electron chi connectivity index (χ3n) is 4.33. The summed E-state index contributed by atoms with van der Waals surface area (Å²) in [6, 6.07) is 0. The lowest BCUT2D eigenvalue weighted by molar-refractivity contribution is 0.194. The molecule has 0 saturated carbocycles. The molecule has 0 N–H and O–H groups in total. The minimum Gasteiger partial charge on any atom is -0.0654 e. The van der Waals surface area contributed by atoms with Gasteiger partial charge in [-0.25, -0.2) is 0 Å². The summed E-state index contributed by atoms with van der Waals surface area (Å²) in [5, 5.41) is 0. The van der Waals surface area contributed by atoms with Gasteiger partial charge in [0.25, 0.3) is 0 Å². The highest BCUT2D eigenvalue weighted by molar-refractivity contribution is 4.72. The van der Waals surface area contributed by atoms with Crippen LogP contribution in [-0.4, -0.2) is 0 Å². The summed E-state index contributed by atoms with van der Waals surface area (Å²) < 4.78 is 0. The highest BCUT2D eigenvalue weighted by Gasteiger charge is 2.22. The molecule has 3 unspecified atom stereocenters. The van der Waals surface area contributed by atoms with Crippen molar-refractivity contribution in [3.63, 3.8) is 0 Å². The fraction of sp³-hybridized carbons (Fsp3) is 1.00. The van der Waals surface area contributed by atoms with Gasteiger partial charge in [-0.2, -0.15) is 0 Å². The molecule has 0 heteroatoms. The van der Waals surface area contributed by atoms with Gasteiger partial charge in [-0.1, -0.05) is 73.6 Å². The largest absolute Gasteiger partial charge is 0.0654 e. The van der Waals surface area contributed by atoms with E-state index in [1.807, 2.05) is 0 Å². The second-order valence-electron chi connectivity index (χ2n) is 5.63. The molecule has 0 saturated heterocycles. The van der Waals surface area contributed by atoms with Gasteiger partial charge in [0.2, 0.25) is 0 Å². The first kappa shape index (κ1) is 15.0. The molecule has 3 atom stereocenters. The number of unbranched alkanes of at least 4 members (excludes halogenated alkanes) is 2. The van der Waals surface area contributed by atoms with E-state index in [4.69, 9.17) is 0 Å². The molecule has 0 spiro atoms. The number of hydrogen-bond acceptors (Lipinski definition) is 0. The van der Waals surface area contributed by atoms with Crippen molar-refractivity contribution in [2.45, 2.75) is 73.6 Å². The predicted octanol–water partition coefficient (Wildman–Crippen LogP) is 5.52. The molecular formula is C15H32. The Hall–Kier alpha value is 0. The zero-order valence-electron chi connectivity index (χ0n) is 11.8. The number of rotatable bonds is 8. The normalized spacial score (nSPS) is 17.8. The smallest absolute Gasteiger partial charge is 0.0386 e.